The van der Waals surface area contributed by atoms with Gasteiger partial charge in [0.05, 0.1) is 0 Å². The van der Waals surface area contributed by atoms with E-state index < -0.39 is 0 Å². The monoisotopic (exact) mass is 399 g/mol. The van der Waals surface area contributed by atoms with Gasteiger partial charge in [0.15, 0.2) is 0 Å². The maximum Gasteiger partial charge on any atom is 3.00 e. The zero-order valence-corrected chi connectivity index (χ0v) is 17.7. The topological polar surface area (TPSA) is 0 Å². The van der Waals surface area contributed by atoms with Crippen LogP contribution < -0.4 is 0 Å². The molecule has 0 heterocycles. The van der Waals surface area contributed by atoms with Crippen LogP contribution in [-0.2, 0) is 32.7 Å². The van der Waals surface area contributed by atoms with E-state index in [9.17, 15) is 0 Å². The molecule has 0 nitrogen and oxygen atoms in total. The molecule has 0 unspecified atom stereocenters. The van der Waals surface area contributed by atoms with Crippen molar-refractivity contribution in [3.8, 4) is 0 Å². The zero-order chi connectivity index (χ0) is 15.9. The van der Waals surface area contributed by atoms with Crippen molar-refractivity contribution in [3.05, 3.63) is 114 Å². The summed E-state index contributed by atoms with van der Waals surface area (Å²) in [6, 6.07) is 28.1. The molecule has 0 bridgehead atoms. The molecule has 0 saturated carbocycles. The molecule has 0 atom stereocenters. The molecule has 0 aliphatic carbocycles. The van der Waals surface area contributed by atoms with Crippen molar-refractivity contribution in [2.24, 2.45) is 0 Å². The predicted molar refractivity (Wildman–Crippen MR) is 107 cm³/mol. The van der Waals surface area contributed by atoms with Gasteiger partial charge in [0.25, 0.3) is 0 Å². The van der Waals surface area contributed by atoms with Gasteiger partial charge in [-0.15, -0.1) is 5.56 Å². The minimum atomic E-state index is 0. The van der Waals surface area contributed by atoms with Crippen LogP contribution in [0.3, 0.4) is 0 Å². The van der Waals surface area contributed by atoms with Crippen molar-refractivity contribution in [2.75, 3.05) is 0 Å². The summed E-state index contributed by atoms with van der Waals surface area (Å²) in [7, 11) is 0. The molecule has 0 N–H and O–H groups in total. The first-order valence-corrected chi connectivity index (χ1v) is 7.79. The number of hydrogen-bond donors (Lipinski definition) is 0. The van der Waals surface area contributed by atoms with E-state index in [1.807, 2.05) is 12.1 Å². The Morgan fingerprint density at radius 3 is 1.28 bits per heavy atom. The minimum absolute atomic E-state index is 0. The SMILES string of the molecule is Cc1ccc(/C=C/c2ccc(/C=C/c3cc[c-]cc3)cc2)cc1.[CH3-].[Y+3]. The molecule has 1 heteroatoms. The second-order valence-electron chi connectivity index (χ2n) is 5.58. The average Bonchev–Trinajstić information content (AvgIpc) is 2.61. The number of rotatable bonds is 4. The Labute approximate surface area is 177 Å². The van der Waals surface area contributed by atoms with Crippen molar-refractivity contribution in [3.63, 3.8) is 0 Å². The van der Waals surface area contributed by atoms with Crippen LogP contribution in [0.4, 0.5) is 0 Å². The van der Waals surface area contributed by atoms with Crippen molar-refractivity contribution in [1.29, 1.82) is 0 Å². The summed E-state index contributed by atoms with van der Waals surface area (Å²) in [5, 5.41) is 0. The quantitative estimate of drug-likeness (QED) is 0.343. The standard InChI is InChI=1S/C23H19.CH3.Y/c1-19-7-9-21(10-8-19)13-14-23-17-15-22(16-18-23)12-11-20-5-3-2-4-6-20;;/h3-18H,1H3;1H3;/q2*-1;+3/b12-11+,14-13+;;. The van der Waals surface area contributed by atoms with Crippen LogP contribution in [0.2, 0.25) is 0 Å². The van der Waals surface area contributed by atoms with Crippen molar-refractivity contribution in [1.82, 2.24) is 0 Å². The third kappa shape index (κ3) is 6.94. The van der Waals surface area contributed by atoms with Gasteiger partial charge in [-0.3, -0.25) is 0 Å². The van der Waals surface area contributed by atoms with E-state index in [4.69, 9.17) is 0 Å². The largest absolute Gasteiger partial charge is 3.00 e. The summed E-state index contributed by atoms with van der Waals surface area (Å²) >= 11 is 0. The van der Waals surface area contributed by atoms with E-state index in [0.29, 0.717) is 0 Å². The molecule has 120 valence electrons. The van der Waals surface area contributed by atoms with Gasteiger partial charge >= 0.3 is 32.7 Å². The molecule has 3 rings (SSSR count). The first-order valence-electron chi connectivity index (χ1n) is 7.79. The number of hydrogen-bond acceptors (Lipinski definition) is 0. The van der Waals surface area contributed by atoms with E-state index >= 15 is 0 Å². The van der Waals surface area contributed by atoms with E-state index in [1.165, 1.54) is 27.8 Å². The van der Waals surface area contributed by atoms with Crippen molar-refractivity contribution in [2.45, 2.75) is 6.92 Å². The smallest absolute Gasteiger partial charge is 0.358 e. The zero-order valence-electron chi connectivity index (χ0n) is 14.8. The maximum atomic E-state index is 3.03. The Morgan fingerprint density at radius 2 is 0.880 bits per heavy atom. The Bertz CT molecular complexity index is 795. The van der Waals surface area contributed by atoms with E-state index in [1.54, 1.807) is 0 Å². The molecular formula is C24H22Y+. The molecule has 0 spiro atoms. The number of aryl methyl sites for hydroxylation is 1. The van der Waals surface area contributed by atoms with Crippen LogP contribution >= 0.6 is 0 Å². The van der Waals surface area contributed by atoms with Gasteiger partial charge in [0.2, 0.25) is 0 Å². The first-order chi connectivity index (χ1) is 11.3. The van der Waals surface area contributed by atoms with Crippen molar-refractivity contribution >= 4 is 24.3 Å². The Balaban J connectivity index is 0.00000156. The predicted octanol–water partition coefficient (Wildman–Crippen LogP) is 6.58. The molecular weight excluding hydrogens is 377 g/mol. The summed E-state index contributed by atoms with van der Waals surface area (Å²) < 4.78 is 0. The molecule has 3 aromatic rings. The fourth-order valence-electron chi connectivity index (χ4n) is 2.29. The Kier molecular flexibility index (Phi) is 9.34. The summed E-state index contributed by atoms with van der Waals surface area (Å²) in [5.41, 5.74) is 6.10. The first kappa shape index (κ1) is 21.3. The fourth-order valence-corrected chi connectivity index (χ4v) is 2.29. The molecule has 25 heavy (non-hydrogen) atoms. The van der Waals surface area contributed by atoms with Gasteiger partial charge in [-0.05, 0) is 23.6 Å². The Hall–Kier alpha value is -1.76. The summed E-state index contributed by atoms with van der Waals surface area (Å²) in [6.07, 6.45) is 8.53. The third-order valence-electron chi connectivity index (χ3n) is 3.69. The van der Waals surface area contributed by atoms with Crippen LogP contribution in [0.25, 0.3) is 24.3 Å². The van der Waals surface area contributed by atoms with Crippen molar-refractivity contribution < 1.29 is 32.7 Å². The van der Waals surface area contributed by atoms with Crippen LogP contribution in [0.5, 0.6) is 0 Å². The second-order valence-corrected chi connectivity index (χ2v) is 5.58. The van der Waals surface area contributed by atoms with E-state index in [0.717, 1.165) is 0 Å². The molecule has 0 aromatic heterocycles. The third-order valence-corrected chi connectivity index (χ3v) is 3.69. The molecule has 0 aliphatic rings. The molecule has 3 aromatic carbocycles. The van der Waals surface area contributed by atoms with Crippen LogP contribution in [0, 0.1) is 20.4 Å². The fraction of sp³-hybridized carbons (Fsp3) is 0.0417. The van der Waals surface area contributed by atoms with Gasteiger partial charge in [0, 0.05) is 0 Å². The molecule has 0 aliphatic heterocycles. The summed E-state index contributed by atoms with van der Waals surface area (Å²) in [5.74, 6) is 0. The van der Waals surface area contributed by atoms with Crippen LogP contribution in [0.15, 0.2) is 72.8 Å². The van der Waals surface area contributed by atoms with E-state index in [2.05, 4.69) is 98.0 Å². The van der Waals surface area contributed by atoms with Gasteiger partial charge in [-0.2, -0.15) is 30.3 Å². The van der Waals surface area contributed by atoms with Crippen LogP contribution in [0.1, 0.15) is 27.8 Å². The molecule has 0 amide bonds. The normalized spacial score (nSPS) is 10.4. The van der Waals surface area contributed by atoms with Crippen LogP contribution in [-0.4, -0.2) is 0 Å². The minimum Gasteiger partial charge on any atom is -0.358 e. The maximum absolute atomic E-state index is 3.03. The number of benzene rings is 3. The van der Waals surface area contributed by atoms with Gasteiger partial charge < -0.3 is 7.43 Å². The molecule has 0 fully saturated rings. The summed E-state index contributed by atoms with van der Waals surface area (Å²) in [4.78, 5) is 0. The van der Waals surface area contributed by atoms with Gasteiger partial charge in [-0.25, -0.2) is 0 Å². The summed E-state index contributed by atoms with van der Waals surface area (Å²) in [6.45, 7) is 2.10. The average molecular weight is 399 g/mol. The second kappa shape index (κ2) is 11.0. The van der Waals surface area contributed by atoms with Gasteiger partial charge in [-0.1, -0.05) is 78.4 Å². The Morgan fingerprint density at radius 1 is 0.560 bits per heavy atom. The van der Waals surface area contributed by atoms with E-state index in [-0.39, 0.29) is 40.1 Å². The molecule has 0 radical (unpaired) electrons. The molecule has 0 saturated heterocycles. The van der Waals surface area contributed by atoms with Gasteiger partial charge in [0.1, 0.15) is 0 Å².